The van der Waals surface area contributed by atoms with Crippen molar-refractivity contribution in [3.63, 3.8) is 0 Å². The zero-order valence-corrected chi connectivity index (χ0v) is 16.3. The Morgan fingerprint density at radius 1 is 1.04 bits per heavy atom. The van der Waals surface area contributed by atoms with Gasteiger partial charge in [-0.2, -0.15) is 0 Å². The molecule has 3 rings (SSSR count). The van der Waals surface area contributed by atoms with Gasteiger partial charge < -0.3 is 10.2 Å². The maximum absolute atomic E-state index is 12.7. The van der Waals surface area contributed by atoms with Crippen LogP contribution in [0.3, 0.4) is 0 Å². The smallest absolute Gasteiger partial charge is 0.282 e. The number of quaternary nitrogens is 1. The minimum atomic E-state index is -0.142. The lowest BCUT2D eigenvalue weighted by Crippen LogP contribution is -3.12. The summed E-state index contributed by atoms with van der Waals surface area (Å²) >= 11 is 1.64. The summed E-state index contributed by atoms with van der Waals surface area (Å²) in [5.74, 6) is 0.0461. The molecule has 3 nitrogen and oxygen atoms in total. The Kier molecular flexibility index (Phi) is 5.96. The van der Waals surface area contributed by atoms with Gasteiger partial charge >= 0.3 is 0 Å². The summed E-state index contributed by atoms with van der Waals surface area (Å²) < 4.78 is 0. The number of fused-ring (bicyclic) bond motifs is 1. The third kappa shape index (κ3) is 4.26. The van der Waals surface area contributed by atoms with Crippen molar-refractivity contribution in [1.29, 1.82) is 0 Å². The van der Waals surface area contributed by atoms with E-state index in [-0.39, 0.29) is 11.9 Å². The van der Waals surface area contributed by atoms with Crippen LogP contribution in [0.1, 0.15) is 12.5 Å². The maximum Gasteiger partial charge on any atom is 0.282 e. The summed E-state index contributed by atoms with van der Waals surface area (Å²) in [6.45, 7) is 2.79. The SMILES string of the molecule is CSc1ccccc1NC(=O)[C@@H](C)[NH+](C)Cc1ccc2ccccc2c1. The fourth-order valence-corrected chi connectivity index (χ4v) is 3.59. The summed E-state index contributed by atoms with van der Waals surface area (Å²) in [6, 6.07) is 22.7. The fraction of sp³-hybridized carbons (Fsp3) is 0.227. The minimum absolute atomic E-state index is 0.0461. The van der Waals surface area contributed by atoms with Gasteiger partial charge in [-0.15, -0.1) is 11.8 Å². The van der Waals surface area contributed by atoms with Crippen LogP contribution in [-0.2, 0) is 11.3 Å². The number of likely N-dealkylation sites (N-methyl/N-ethyl adjacent to an activating group) is 1. The largest absolute Gasteiger partial charge is 0.324 e. The van der Waals surface area contributed by atoms with E-state index in [0.717, 1.165) is 17.1 Å². The first kappa shape index (κ1) is 18.5. The Morgan fingerprint density at radius 2 is 1.73 bits per heavy atom. The minimum Gasteiger partial charge on any atom is -0.324 e. The van der Waals surface area contributed by atoms with Gasteiger partial charge in [0.05, 0.1) is 12.7 Å². The second-order valence-corrected chi connectivity index (χ2v) is 7.46. The van der Waals surface area contributed by atoms with Crippen molar-refractivity contribution >= 4 is 34.1 Å². The summed E-state index contributed by atoms with van der Waals surface area (Å²) in [5.41, 5.74) is 2.13. The van der Waals surface area contributed by atoms with Crippen LogP contribution < -0.4 is 10.2 Å². The molecular weight excluding hydrogens is 340 g/mol. The molecule has 4 heteroatoms. The molecule has 134 valence electrons. The number of thioether (sulfide) groups is 1. The highest BCUT2D eigenvalue weighted by atomic mass is 32.2. The molecule has 1 unspecified atom stereocenters. The molecule has 26 heavy (non-hydrogen) atoms. The summed E-state index contributed by atoms with van der Waals surface area (Å²) in [4.78, 5) is 14.9. The van der Waals surface area contributed by atoms with Gasteiger partial charge in [0.2, 0.25) is 0 Å². The zero-order chi connectivity index (χ0) is 18.5. The quantitative estimate of drug-likeness (QED) is 0.655. The fourth-order valence-electron chi connectivity index (χ4n) is 3.04. The second kappa shape index (κ2) is 8.39. The van der Waals surface area contributed by atoms with E-state index in [0.29, 0.717) is 0 Å². The van der Waals surface area contributed by atoms with Crippen LogP contribution >= 0.6 is 11.8 Å². The number of para-hydroxylation sites is 1. The predicted molar refractivity (Wildman–Crippen MR) is 111 cm³/mol. The number of benzene rings is 3. The molecule has 0 fully saturated rings. The number of rotatable bonds is 6. The highest BCUT2D eigenvalue weighted by Gasteiger charge is 2.22. The van der Waals surface area contributed by atoms with Crippen molar-refractivity contribution in [3.8, 4) is 0 Å². The number of amides is 1. The highest BCUT2D eigenvalue weighted by Crippen LogP contribution is 2.24. The Labute approximate surface area is 159 Å². The standard InChI is InChI=1S/C22H24N2OS/c1-16(22(25)23-20-10-6-7-11-21(20)26-3)24(2)15-17-12-13-18-8-4-5-9-19(18)14-17/h4-14,16H,15H2,1-3H3,(H,23,25)/p+1/t16-/m1/s1. The van der Waals surface area contributed by atoms with Gasteiger partial charge in [0.1, 0.15) is 6.54 Å². The van der Waals surface area contributed by atoms with E-state index >= 15 is 0 Å². The summed E-state index contributed by atoms with van der Waals surface area (Å²) in [5, 5.41) is 5.56. The predicted octanol–water partition coefficient (Wildman–Crippen LogP) is 3.60. The lowest BCUT2D eigenvalue weighted by atomic mass is 10.1. The summed E-state index contributed by atoms with van der Waals surface area (Å²) in [7, 11) is 2.07. The Morgan fingerprint density at radius 3 is 2.50 bits per heavy atom. The van der Waals surface area contributed by atoms with E-state index in [1.54, 1.807) is 11.8 Å². The first-order chi connectivity index (χ1) is 12.6. The van der Waals surface area contributed by atoms with Gasteiger partial charge in [-0.25, -0.2) is 0 Å². The number of hydrogen-bond donors (Lipinski definition) is 2. The molecule has 0 saturated carbocycles. The molecule has 2 N–H and O–H groups in total. The molecule has 0 heterocycles. The maximum atomic E-state index is 12.7. The van der Waals surface area contributed by atoms with Crippen LogP contribution in [-0.4, -0.2) is 25.3 Å². The van der Waals surface area contributed by atoms with Crippen molar-refractivity contribution in [3.05, 3.63) is 72.3 Å². The van der Waals surface area contributed by atoms with Crippen LogP contribution in [0, 0.1) is 0 Å². The highest BCUT2D eigenvalue weighted by molar-refractivity contribution is 7.98. The van der Waals surface area contributed by atoms with Crippen LogP contribution in [0.25, 0.3) is 10.8 Å². The topological polar surface area (TPSA) is 33.5 Å². The molecule has 0 aromatic heterocycles. The van der Waals surface area contributed by atoms with Crippen molar-refractivity contribution in [2.24, 2.45) is 0 Å². The first-order valence-corrected chi connectivity index (χ1v) is 10.0. The number of carbonyl (C=O) groups excluding carboxylic acids is 1. The third-order valence-corrected chi connectivity index (χ3v) is 5.59. The molecule has 0 aliphatic carbocycles. The Bertz CT molecular complexity index is 909. The molecule has 1 amide bonds. The molecule has 0 radical (unpaired) electrons. The molecule has 0 bridgehead atoms. The van der Waals surface area contributed by atoms with Gasteiger partial charge in [-0.05, 0) is 42.2 Å². The number of hydrogen-bond acceptors (Lipinski definition) is 2. The monoisotopic (exact) mass is 365 g/mol. The van der Waals surface area contributed by atoms with E-state index in [1.165, 1.54) is 21.2 Å². The molecule has 0 aliphatic rings. The van der Waals surface area contributed by atoms with Crippen molar-refractivity contribution in [1.82, 2.24) is 0 Å². The average Bonchev–Trinajstić information content (AvgIpc) is 2.67. The van der Waals surface area contributed by atoms with E-state index < -0.39 is 0 Å². The van der Waals surface area contributed by atoms with Gasteiger partial charge in [0, 0.05) is 10.5 Å². The Balaban J connectivity index is 1.68. The lowest BCUT2D eigenvalue weighted by Gasteiger charge is -2.22. The van der Waals surface area contributed by atoms with Crippen LogP contribution in [0.15, 0.2) is 71.6 Å². The molecule has 0 aliphatic heterocycles. The van der Waals surface area contributed by atoms with Crippen LogP contribution in [0.5, 0.6) is 0 Å². The van der Waals surface area contributed by atoms with Gasteiger partial charge in [-0.1, -0.05) is 48.5 Å². The summed E-state index contributed by atoms with van der Waals surface area (Å²) in [6.07, 6.45) is 2.02. The molecule has 2 atom stereocenters. The molecule has 0 saturated heterocycles. The number of nitrogens with one attached hydrogen (secondary N) is 2. The molecule has 3 aromatic carbocycles. The molecule has 0 spiro atoms. The van der Waals surface area contributed by atoms with E-state index in [4.69, 9.17) is 0 Å². The zero-order valence-electron chi connectivity index (χ0n) is 15.5. The third-order valence-electron chi connectivity index (χ3n) is 4.79. The van der Waals surface area contributed by atoms with E-state index in [1.807, 2.05) is 37.4 Å². The molecular formula is C22H25N2OS+. The van der Waals surface area contributed by atoms with E-state index in [9.17, 15) is 4.79 Å². The molecule has 3 aromatic rings. The average molecular weight is 366 g/mol. The van der Waals surface area contributed by atoms with E-state index in [2.05, 4.69) is 54.8 Å². The Hall–Kier alpha value is -2.30. The van der Waals surface area contributed by atoms with Gasteiger partial charge in [-0.3, -0.25) is 4.79 Å². The number of carbonyl (C=O) groups is 1. The number of anilines is 1. The van der Waals surface area contributed by atoms with Crippen molar-refractivity contribution in [2.75, 3.05) is 18.6 Å². The van der Waals surface area contributed by atoms with Crippen LogP contribution in [0.2, 0.25) is 0 Å². The normalized spacial score (nSPS) is 13.3. The first-order valence-electron chi connectivity index (χ1n) is 8.82. The van der Waals surface area contributed by atoms with Crippen molar-refractivity contribution < 1.29 is 9.69 Å². The van der Waals surface area contributed by atoms with Crippen LogP contribution in [0.4, 0.5) is 5.69 Å². The van der Waals surface area contributed by atoms with Crippen molar-refractivity contribution in [2.45, 2.75) is 24.4 Å². The van der Waals surface area contributed by atoms with Gasteiger partial charge in [0.25, 0.3) is 5.91 Å². The lowest BCUT2D eigenvalue weighted by molar-refractivity contribution is -0.907. The van der Waals surface area contributed by atoms with Gasteiger partial charge in [0.15, 0.2) is 6.04 Å². The second-order valence-electron chi connectivity index (χ2n) is 6.62.